The van der Waals surface area contributed by atoms with Crippen LogP contribution in [0.4, 0.5) is 5.69 Å². The van der Waals surface area contributed by atoms with Crippen LogP contribution in [0.5, 0.6) is 0 Å². The third-order valence-corrected chi connectivity index (χ3v) is 5.50. The second-order valence-corrected chi connectivity index (χ2v) is 7.15. The normalized spacial score (nSPS) is 19.7. The maximum atomic E-state index is 13.7. The van der Waals surface area contributed by atoms with E-state index in [0.29, 0.717) is 26.1 Å². The number of benzene rings is 1. The molecule has 29 heavy (non-hydrogen) atoms. The summed E-state index contributed by atoms with van der Waals surface area (Å²) >= 11 is 0. The number of methoxy groups -OCH3 is 2. The Morgan fingerprint density at radius 2 is 1.79 bits per heavy atom. The summed E-state index contributed by atoms with van der Waals surface area (Å²) in [6.07, 6.45) is 0.799. The number of nitrogens with zero attached hydrogens (tertiary/aromatic N) is 2. The number of anilines is 1. The fourth-order valence-corrected chi connectivity index (χ4v) is 3.49. The Balaban J connectivity index is 2.64. The van der Waals surface area contributed by atoms with E-state index in [-0.39, 0.29) is 30.9 Å². The summed E-state index contributed by atoms with van der Waals surface area (Å²) in [4.78, 5) is 41.5. The lowest BCUT2D eigenvalue weighted by atomic mass is 9.83. The number of ether oxygens (including phenoxy) is 2. The summed E-state index contributed by atoms with van der Waals surface area (Å²) in [5.41, 5.74) is -1.89. The predicted octanol–water partition coefficient (Wildman–Crippen LogP) is 2.64. The van der Waals surface area contributed by atoms with E-state index >= 15 is 0 Å². The molecule has 0 spiro atoms. The van der Waals surface area contributed by atoms with Gasteiger partial charge in [-0.05, 0) is 31.3 Å². The molecule has 0 radical (unpaired) electrons. The third-order valence-electron chi connectivity index (χ3n) is 5.50. The lowest BCUT2D eigenvalue weighted by molar-refractivity contribution is -0.151. The zero-order valence-electron chi connectivity index (χ0n) is 22.5. The fraction of sp³-hybridized carbons (Fsp3) is 0.591. The van der Waals surface area contributed by atoms with E-state index < -0.39 is 53.5 Å². The fourth-order valence-electron chi connectivity index (χ4n) is 3.49. The summed E-state index contributed by atoms with van der Waals surface area (Å²) in [6.45, 7) is 4.52. The van der Waals surface area contributed by atoms with Gasteiger partial charge < -0.3 is 14.4 Å². The topological polar surface area (TPSA) is 76.2 Å². The van der Waals surface area contributed by atoms with Gasteiger partial charge in [0, 0.05) is 31.2 Å². The minimum Gasteiger partial charge on any atom is -0.469 e. The minimum absolute atomic E-state index is 0.102. The number of amides is 1. The maximum Gasteiger partial charge on any atom is 0.332 e. The van der Waals surface area contributed by atoms with Crippen LogP contribution < -0.4 is 4.90 Å². The second kappa shape index (κ2) is 10.4. The number of hydrogen-bond acceptors (Lipinski definition) is 6. The van der Waals surface area contributed by atoms with Crippen molar-refractivity contribution in [3.8, 4) is 0 Å². The van der Waals surface area contributed by atoms with Gasteiger partial charge in [-0.25, -0.2) is 4.79 Å². The van der Waals surface area contributed by atoms with Crippen molar-refractivity contribution >= 4 is 23.5 Å². The van der Waals surface area contributed by atoms with Crippen LogP contribution >= 0.6 is 0 Å². The molecular formula is C22H32N2O5. The van der Waals surface area contributed by atoms with Crippen LogP contribution in [0, 0.1) is 5.92 Å². The van der Waals surface area contributed by atoms with Gasteiger partial charge in [0.2, 0.25) is 5.91 Å². The number of rotatable bonds is 8. The van der Waals surface area contributed by atoms with Crippen LogP contribution in [-0.2, 0) is 23.9 Å². The molecule has 0 N–H and O–H groups in total. The molecule has 0 saturated carbocycles. The third kappa shape index (κ3) is 5.15. The average Bonchev–Trinajstić information content (AvgIpc) is 2.86. The highest BCUT2D eigenvalue weighted by molar-refractivity contribution is 6.03. The molecule has 0 bridgehead atoms. The first-order valence-corrected chi connectivity index (χ1v) is 9.75. The molecular weight excluding hydrogens is 372 g/mol. The van der Waals surface area contributed by atoms with Gasteiger partial charge in [0.25, 0.3) is 0 Å². The first-order chi connectivity index (χ1) is 16.0. The molecule has 1 fully saturated rings. The molecule has 1 amide bonds. The molecule has 1 saturated heterocycles. The van der Waals surface area contributed by atoms with Crippen LogP contribution in [0.25, 0.3) is 0 Å². The Hall–Kier alpha value is -2.41. The number of carbonyl (C=O) groups excluding carboxylic acids is 3. The number of carbonyl (C=O) groups is 3. The van der Waals surface area contributed by atoms with Gasteiger partial charge in [-0.2, -0.15) is 0 Å². The number of piperidine rings is 1. The molecule has 2 rings (SSSR count). The number of esters is 2. The minimum atomic E-state index is -1.56. The molecule has 1 unspecified atom stereocenters. The zero-order chi connectivity index (χ0) is 25.8. The Morgan fingerprint density at radius 1 is 1.17 bits per heavy atom. The summed E-state index contributed by atoms with van der Waals surface area (Å²) in [5.74, 6) is -2.17. The van der Waals surface area contributed by atoms with Gasteiger partial charge in [0.1, 0.15) is 5.54 Å². The zero-order valence-corrected chi connectivity index (χ0v) is 17.5. The first kappa shape index (κ1) is 16.4. The Kier molecular flexibility index (Phi) is 5.87. The van der Waals surface area contributed by atoms with Gasteiger partial charge in [0.05, 0.1) is 27.5 Å². The molecule has 1 aliphatic rings. The molecule has 0 aromatic heterocycles. The van der Waals surface area contributed by atoms with Gasteiger partial charge in [-0.1, -0.05) is 32.0 Å². The first-order valence-electron chi connectivity index (χ1n) is 12.2. The molecule has 1 heterocycles. The van der Waals surface area contributed by atoms with Crippen LogP contribution in [0.1, 0.15) is 46.4 Å². The Bertz CT molecular complexity index is 921. The van der Waals surface area contributed by atoms with Crippen LogP contribution in [0.2, 0.25) is 0 Å². The molecule has 7 heteroatoms. The SMILES string of the molecule is [2H]c1c([2H])c([2H])c(N(C(=O)C(C)CC)C2(C(=O)OC)CCN(CCC(=O)OC)CC2)c([2H])c1[2H]. The number of hydrogen-bond donors (Lipinski definition) is 0. The van der Waals surface area contributed by atoms with Crippen molar-refractivity contribution in [3.05, 3.63) is 30.2 Å². The van der Waals surface area contributed by atoms with E-state index in [1.165, 1.54) is 14.2 Å². The van der Waals surface area contributed by atoms with Gasteiger partial charge in [-0.3, -0.25) is 14.5 Å². The van der Waals surface area contributed by atoms with Gasteiger partial charge in [0.15, 0.2) is 0 Å². The molecule has 1 atom stereocenters. The van der Waals surface area contributed by atoms with Crippen LogP contribution in [0.3, 0.4) is 0 Å². The van der Waals surface area contributed by atoms with Crippen molar-refractivity contribution in [2.75, 3.05) is 38.8 Å². The van der Waals surface area contributed by atoms with Crippen molar-refractivity contribution in [2.24, 2.45) is 5.92 Å². The second-order valence-electron chi connectivity index (χ2n) is 7.15. The van der Waals surface area contributed by atoms with E-state index in [0.717, 1.165) is 4.90 Å². The highest BCUT2D eigenvalue weighted by Gasteiger charge is 2.50. The quantitative estimate of drug-likeness (QED) is 0.615. The molecule has 1 aromatic rings. The van der Waals surface area contributed by atoms with Crippen LogP contribution in [0.15, 0.2) is 30.2 Å². The average molecular weight is 410 g/mol. The molecule has 0 aliphatic carbocycles. The number of para-hydroxylation sites is 1. The Morgan fingerprint density at radius 3 is 2.31 bits per heavy atom. The van der Waals surface area contributed by atoms with Gasteiger partial charge in [-0.15, -0.1) is 0 Å². The van der Waals surface area contributed by atoms with Crippen molar-refractivity contribution in [1.29, 1.82) is 0 Å². The maximum absolute atomic E-state index is 13.7. The lowest BCUT2D eigenvalue weighted by Gasteiger charge is -2.47. The summed E-state index contributed by atoms with van der Waals surface area (Å²) < 4.78 is 50.8. The molecule has 1 aromatic carbocycles. The van der Waals surface area contributed by atoms with E-state index in [1.807, 2.05) is 4.90 Å². The Labute approximate surface area is 180 Å². The van der Waals surface area contributed by atoms with E-state index in [4.69, 9.17) is 11.6 Å². The summed E-state index contributed by atoms with van der Waals surface area (Å²) in [7, 11) is 2.50. The van der Waals surface area contributed by atoms with E-state index in [2.05, 4.69) is 4.74 Å². The van der Waals surface area contributed by atoms with Crippen molar-refractivity contribution in [2.45, 2.75) is 45.1 Å². The van der Waals surface area contributed by atoms with Crippen molar-refractivity contribution in [1.82, 2.24) is 4.90 Å². The van der Waals surface area contributed by atoms with E-state index in [1.54, 1.807) is 13.8 Å². The van der Waals surface area contributed by atoms with E-state index in [9.17, 15) is 14.4 Å². The van der Waals surface area contributed by atoms with Crippen molar-refractivity contribution in [3.63, 3.8) is 0 Å². The lowest BCUT2D eigenvalue weighted by Crippen LogP contribution is -2.63. The summed E-state index contributed by atoms with van der Waals surface area (Å²) in [5, 5.41) is 0. The number of likely N-dealkylation sites (tertiary alicyclic amines) is 1. The van der Waals surface area contributed by atoms with Crippen LogP contribution in [-0.4, -0.2) is 62.1 Å². The van der Waals surface area contributed by atoms with Gasteiger partial charge >= 0.3 is 11.9 Å². The highest BCUT2D eigenvalue weighted by Crippen LogP contribution is 2.36. The van der Waals surface area contributed by atoms with Crippen molar-refractivity contribution < 1.29 is 30.7 Å². The smallest absolute Gasteiger partial charge is 0.332 e. The standard InChI is InChI=1S/C22H32N2O5/c1-5-17(2)20(26)24(18-9-7-6-8-10-18)22(21(27)29-4)12-15-23(16-13-22)14-11-19(25)28-3/h6-10,17H,5,11-16H2,1-4H3/i6D,7D,8D,9D,10D. The predicted molar refractivity (Wildman–Crippen MR) is 110 cm³/mol. The molecule has 160 valence electrons. The molecule has 7 nitrogen and oxygen atoms in total. The monoisotopic (exact) mass is 409 g/mol. The summed E-state index contributed by atoms with van der Waals surface area (Å²) in [6, 6.07) is -2.88. The highest BCUT2D eigenvalue weighted by atomic mass is 16.5. The largest absolute Gasteiger partial charge is 0.469 e. The molecule has 1 aliphatic heterocycles.